The second-order valence-electron chi connectivity index (χ2n) is 14.7. The van der Waals surface area contributed by atoms with E-state index >= 15 is 0 Å². The molecule has 3 fully saturated rings. The fraction of sp³-hybridized carbons (Fsp3) is 0.778. The number of Topliss-reactive ketones (excluding diaryl/α,β-unsaturated/α-hetero) is 1. The molecule has 0 heterocycles. The van der Waals surface area contributed by atoms with Crippen LogP contribution in [0.1, 0.15) is 125 Å². The second-order valence-corrected chi connectivity index (χ2v) is 15.1. The predicted molar refractivity (Wildman–Crippen MR) is 166 cm³/mol. The first-order chi connectivity index (χ1) is 20.4. The van der Waals surface area contributed by atoms with Crippen molar-refractivity contribution in [3.63, 3.8) is 0 Å². The van der Waals surface area contributed by atoms with Crippen molar-refractivity contribution in [3.8, 4) is 0 Å². The number of carbonyl (C=O) groups is 4. The number of allylic oxidation sites excluding steroid dienone is 4. The van der Waals surface area contributed by atoms with Gasteiger partial charge in [-0.1, -0.05) is 89.8 Å². The number of esters is 2. The van der Waals surface area contributed by atoms with Gasteiger partial charge >= 0.3 is 11.9 Å². The number of halogens is 1. The first-order valence-electron chi connectivity index (χ1n) is 16.9. The number of fused-ring (bicyclic) bond motifs is 7. The molecule has 0 N–H and O–H groups in total. The average molecular weight is 615 g/mol. The van der Waals surface area contributed by atoms with Crippen LogP contribution in [0.5, 0.6) is 0 Å². The van der Waals surface area contributed by atoms with E-state index in [0.29, 0.717) is 17.9 Å². The molecule has 0 unspecified atom stereocenters. The van der Waals surface area contributed by atoms with E-state index in [-0.39, 0.29) is 59.0 Å². The maximum Gasteiger partial charge on any atom is 0.306 e. The molecule has 238 valence electrons. The molecule has 0 saturated heterocycles. The van der Waals surface area contributed by atoms with Crippen molar-refractivity contribution < 1.29 is 28.7 Å². The maximum absolute atomic E-state index is 13.5. The lowest BCUT2D eigenvalue weighted by molar-refractivity contribution is -0.185. The molecule has 3 saturated carbocycles. The van der Waals surface area contributed by atoms with Crippen LogP contribution in [0.2, 0.25) is 0 Å². The molecule has 0 radical (unpaired) electrons. The summed E-state index contributed by atoms with van der Waals surface area (Å²) in [6.07, 6.45) is 16.6. The van der Waals surface area contributed by atoms with Crippen LogP contribution in [-0.4, -0.2) is 35.2 Å². The van der Waals surface area contributed by atoms with Crippen molar-refractivity contribution in [1.29, 1.82) is 0 Å². The van der Waals surface area contributed by atoms with Gasteiger partial charge in [-0.3, -0.25) is 19.2 Å². The summed E-state index contributed by atoms with van der Waals surface area (Å²) in [6, 6.07) is 0. The van der Waals surface area contributed by atoms with Crippen LogP contribution < -0.4 is 0 Å². The van der Waals surface area contributed by atoms with E-state index in [0.717, 1.165) is 37.7 Å². The summed E-state index contributed by atoms with van der Waals surface area (Å²) in [7, 11) is 0. The Bertz CT molecular complexity index is 1200. The van der Waals surface area contributed by atoms with E-state index in [2.05, 4.69) is 19.9 Å². The van der Waals surface area contributed by atoms with E-state index in [1.165, 1.54) is 52.4 Å². The van der Waals surface area contributed by atoms with Crippen molar-refractivity contribution in [3.05, 3.63) is 22.8 Å². The summed E-state index contributed by atoms with van der Waals surface area (Å²) >= 11 is 6.98. The van der Waals surface area contributed by atoms with Crippen LogP contribution in [0.15, 0.2) is 22.8 Å². The molecule has 43 heavy (non-hydrogen) atoms. The number of ether oxygens (including phenoxy) is 2. The third-order valence-corrected chi connectivity index (χ3v) is 12.5. The number of unbranched alkanes of at least 4 members (excludes halogenated alkanes) is 8. The molecular weight excluding hydrogens is 564 g/mol. The Morgan fingerprint density at radius 3 is 2.26 bits per heavy atom. The van der Waals surface area contributed by atoms with Crippen LogP contribution in [0, 0.1) is 40.4 Å². The summed E-state index contributed by atoms with van der Waals surface area (Å²) in [6.45, 7) is 9.38. The largest absolute Gasteiger partial charge is 0.462 e. The zero-order valence-electron chi connectivity index (χ0n) is 26.8. The normalized spacial score (nSPS) is 39.0. The van der Waals surface area contributed by atoms with Crippen LogP contribution in [0.4, 0.5) is 0 Å². The molecule has 0 bridgehead atoms. The molecule has 0 aromatic carbocycles. The smallest absolute Gasteiger partial charge is 0.306 e. The number of hydrogen-bond donors (Lipinski definition) is 0. The first kappa shape index (κ1) is 32.4. The van der Waals surface area contributed by atoms with Crippen molar-refractivity contribution >= 4 is 35.1 Å². The van der Waals surface area contributed by atoms with E-state index in [1.54, 1.807) is 6.08 Å². The summed E-state index contributed by atoms with van der Waals surface area (Å²) in [5.74, 6) is -0.542. The molecule has 9 atom stereocenters. The summed E-state index contributed by atoms with van der Waals surface area (Å²) in [4.78, 5) is 51.9. The van der Waals surface area contributed by atoms with Crippen LogP contribution >= 0.6 is 11.6 Å². The molecule has 0 aliphatic heterocycles. The summed E-state index contributed by atoms with van der Waals surface area (Å²) in [5, 5.41) is 0.597. The lowest BCUT2D eigenvalue weighted by atomic mass is 9.47. The third kappa shape index (κ3) is 5.57. The summed E-state index contributed by atoms with van der Waals surface area (Å²) < 4.78 is 12.3. The number of carbonyl (C=O) groups excluding carboxylic acids is 4. The minimum atomic E-state index is -1.36. The van der Waals surface area contributed by atoms with Gasteiger partial charge in [-0.25, -0.2) is 0 Å². The maximum atomic E-state index is 13.5. The molecule has 0 aromatic rings. The Labute approximate surface area is 262 Å². The molecule has 5 aliphatic carbocycles. The SMILES string of the molecule is CCCCCCCCCCCC(=O)O[C@@H]1C[C@](OC(C)=O)(C(C)=O)[C@@]2(C)CC[C@H]3[C@@H](C=C(Cl)C4=CC(=O)[C@@H]5C[C@@H]5[C@@]43C)[C@H]12. The van der Waals surface area contributed by atoms with E-state index in [1.807, 2.05) is 6.92 Å². The highest BCUT2D eigenvalue weighted by Crippen LogP contribution is 2.72. The average Bonchev–Trinajstić information content (AvgIpc) is 3.71. The molecule has 0 aromatic heterocycles. The minimum Gasteiger partial charge on any atom is -0.462 e. The standard InChI is InChI=1S/C36H51ClO6/c1-6-7-8-9-10-11-12-13-14-15-32(41)42-31-21-36(22(2)38,43-23(3)39)34(4)17-16-26-25(33(31)34)19-29(37)28-20-30(40)24-18-27(24)35(26,28)5/h19-20,24-27,31,33H,6-18,21H2,1-5H3/t24-,25-,26+,27+,31-,33-,34+,35+,36+/m1/s1. The van der Waals surface area contributed by atoms with Gasteiger partial charge < -0.3 is 9.47 Å². The molecule has 5 rings (SSSR count). The zero-order valence-corrected chi connectivity index (χ0v) is 27.6. The zero-order chi connectivity index (χ0) is 31.2. The lowest BCUT2D eigenvalue weighted by Crippen LogP contribution is -2.59. The quantitative estimate of drug-likeness (QED) is 0.154. The minimum absolute atomic E-state index is 0.0647. The highest BCUT2D eigenvalue weighted by Gasteiger charge is 2.73. The first-order valence-corrected chi connectivity index (χ1v) is 17.3. The van der Waals surface area contributed by atoms with Crippen molar-refractivity contribution in [2.24, 2.45) is 40.4 Å². The molecule has 0 amide bonds. The topological polar surface area (TPSA) is 86.7 Å². The highest BCUT2D eigenvalue weighted by atomic mass is 35.5. The van der Waals surface area contributed by atoms with Gasteiger partial charge in [-0.2, -0.15) is 0 Å². The molecule has 6 nitrogen and oxygen atoms in total. The highest BCUT2D eigenvalue weighted by molar-refractivity contribution is 6.32. The van der Waals surface area contributed by atoms with Gasteiger partial charge in [0, 0.05) is 47.5 Å². The van der Waals surface area contributed by atoms with Crippen molar-refractivity contribution in [1.82, 2.24) is 0 Å². The Kier molecular flexibility index (Phi) is 9.39. The second kappa shape index (κ2) is 12.4. The lowest BCUT2D eigenvalue weighted by Gasteiger charge is -2.58. The number of ketones is 2. The van der Waals surface area contributed by atoms with Gasteiger partial charge in [0.25, 0.3) is 0 Å². The van der Waals surface area contributed by atoms with Gasteiger partial charge in [-0.05, 0) is 62.0 Å². The number of hydrogen-bond acceptors (Lipinski definition) is 6. The van der Waals surface area contributed by atoms with Crippen molar-refractivity contribution in [2.75, 3.05) is 0 Å². The van der Waals surface area contributed by atoms with Gasteiger partial charge in [0.15, 0.2) is 17.2 Å². The van der Waals surface area contributed by atoms with E-state index in [4.69, 9.17) is 21.1 Å². The van der Waals surface area contributed by atoms with Gasteiger partial charge in [0.05, 0.1) is 0 Å². The van der Waals surface area contributed by atoms with Gasteiger partial charge in [0.2, 0.25) is 0 Å². The van der Waals surface area contributed by atoms with Crippen LogP contribution in [0.3, 0.4) is 0 Å². The molecular formula is C36H51ClO6. The third-order valence-electron chi connectivity index (χ3n) is 12.2. The monoisotopic (exact) mass is 614 g/mol. The van der Waals surface area contributed by atoms with E-state index < -0.39 is 23.1 Å². The molecule has 0 spiro atoms. The predicted octanol–water partition coefficient (Wildman–Crippen LogP) is 8.05. The molecule has 7 heteroatoms. The fourth-order valence-electron chi connectivity index (χ4n) is 9.96. The van der Waals surface area contributed by atoms with E-state index in [9.17, 15) is 19.2 Å². The molecule has 5 aliphatic rings. The Morgan fingerprint density at radius 1 is 0.977 bits per heavy atom. The number of rotatable bonds is 13. The van der Waals surface area contributed by atoms with Crippen molar-refractivity contribution in [2.45, 2.75) is 136 Å². The Hall–Kier alpha value is -1.95. The summed E-state index contributed by atoms with van der Waals surface area (Å²) in [5.41, 5.74) is -1.38. The van der Waals surface area contributed by atoms with Gasteiger partial charge in [0.1, 0.15) is 6.10 Å². The van der Waals surface area contributed by atoms with Crippen LogP contribution in [-0.2, 0) is 28.7 Å². The fourth-order valence-corrected chi connectivity index (χ4v) is 10.4. The van der Waals surface area contributed by atoms with Crippen LogP contribution in [0.25, 0.3) is 0 Å². The van der Waals surface area contributed by atoms with Gasteiger partial charge in [-0.15, -0.1) is 0 Å². The Balaban J connectivity index is 1.36. The Morgan fingerprint density at radius 2 is 1.63 bits per heavy atom.